The van der Waals surface area contributed by atoms with Crippen molar-refractivity contribution in [3.8, 4) is 0 Å². The molecule has 0 aliphatic carbocycles. The van der Waals surface area contributed by atoms with Crippen LogP contribution in [0.4, 0.5) is 0 Å². The fraction of sp³-hybridized carbons (Fsp3) is 0.731. The third kappa shape index (κ3) is 7.54. The summed E-state index contributed by atoms with van der Waals surface area (Å²) in [7, 11) is 4.17. The van der Waals surface area contributed by atoms with Crippen LogP contribution in [0, 0.1) is 11.8 Å². The Bertz CT molecular complexity index is 721. The third-order valence-electron chi connectivity index (χ3n) is 7.70. The lowest BCUT2D eigenvalue weighted by molar-refractivity contribution is 0.0371. The number of piperidine rings is 2. The molecule has 1 N–H and O–H groups in total. The van der Waals surface area contributed by atoms with E-state index in [1.807, 2.05) is 7.05 Å². The van der Waals surface area contributed by atoms with Gasteiger partial charge in [-0.2, -0.15) is 0 Å². The van der Waals surface area contributed by atoms with Crippen molar-refractivity contribution in [3.05, 3.63) is 35.9 Å². The van der Waals surface area contributed by atoms with E-state index >= 15 is 0 Å². The summed E-state index contributed by atoms with van der Waals surface area (Å²) in [4.78, 5) is 15.0. The molecule has 33 heavy (non-hydrogen) atoms. The van der Waals surface area contributed by atoms with E-state index in [-0.39, 0.29) is 24.0 Å². The predicted octanol–water partition coefficient (Wildman–Crippen LogP) is 3.05. The van der Waals surface area contributed by atoms with Gasteiger partial charge in [0.15, 0.2) is 5.96 Å². The number of nitrogens with zero attached hydrogens (tertiary/aromatic N) is 5. The number of benzene rings is 1. The van der Waals surface area contributed by atoms with Crippen molar-refractivity contribution in [2.75, 3.05) is 73.0 Å². The Hall–Kier alpha value is -0.900. The first kappa shape index (κ1) is 26.7. The molecule has 4 rings (SSSR count). The number of rotatable bonds is 6. The maximum absolute atomic E-state index is 4.66. The Kier molecular flexibility index (Phi) is 10.7. The molecule has 0 saturated carbocycles. The zero-order valence-electron chi connectivity index (χ0n) is 21.0. The number of likely N-dealkylation sites (tertiary alicyclic amines) is 2. The Morgan fingerprint density at radius 1 is 1.06 bits per heavy atom. The van der Waals surface area contributed by atoms with E-state index in [9.17, 15) is 0 Å². The number of aliphatic imine (C=N–C) groups is 1. The van der Waals surface area contributed by atoms with E-state index in [2.05, 4.69) is 74.2 Å². The number of guanidine groups is 1. The van der Waals surface area contributed by atoms with Gasteiger partial charge in [-0.25, -0.2) is 0 Å². The van der Waals surface area contributed by atoms with Crippen LogP contribution in [0.15, 0.2) is 35.3 Å². The molecule has 3 heterocycles. The number of piperazine rings is 1. The molecule has 7 heteroatoms. The molecule has 0 radical (unpaired) electrons. The maximum Gasteiger partial charge on any atom is 0.193 e. The summed E-state index contributed by atoms with van der Waals surface area (Å²) in [6.45, 7) is 13.9. The first-order chi connectivity index (χ1) is 15.6. The van der Waals surface area contributed by atoms with Gasteiger partial charge >= 0.3 is 0 Å². The zero-order chi connectivity index (χ0) is 22.3. The minimum atomic E-state index is 0. The number of halogens is 1. The Morgan fingerprint density at radius 3 is 2.55 bits per heavy atom. The third-order valence-corrected chi connectivity index (χ3v) is 7.70. The number of nitrogens with one attached hydrogen (secondary N) is 1. The molecule has 1 aromatic carbocycles. The summed E-state index contributed by atoms with van der Waals surface area (Å²) in [5.74, 6) is 2.49. The smallest absolute Gasteiger partial charge is 0.193 e. The average Bonchev–Trinajstić information content (AvgIpc) is 2.82. The highest BCUT2D eigenvalue weighted by molar-refractivity contribution is 14.0. The van der Waals surface area contributed by atoms with E-state index in [1.54, 1.807) is 0 Å². The van der Waals surface area contributed by atoms with Crippen LogP contribution in [0.3, 0.4) is 0 Å². The van der Waals surface area contributed by atoms with Gasteiger partial charge in [0.1, 0.15) is 0 Å². The van der Waals surface area contributed by atoms with Crippen molar-refractivity contribution in [1.29, 1.82) is 0 Å². The standard InChI is InChI=1S/C26H44N6.HI/c1-22(19-30-16-14-29(3)15-17-30)18-28-26(27-2)32-13-11-25-24(21-32)10-7-12-31(25)20-23-8-5-4-6-9-23;/h4-6,8-9,22,24-25H,7,10-21H2,1-3H3,(H,27,28);1H. The molecule has 1 aromatic rings. The lowest BCUT2D eigenvalue weighted by Crippen LogP contribution is -2.57. The molecular weight excluding hydrogens is 523 g/mol. The molecular formula is C26H45IN6. The van der Waals surface area contributed by atoms with E-state index in [4.69, 9.17) is 0 Å². The summed E-state index contributed by atoms with van der Waals surface area (Å²) in [5, 5.41) is 3.71. The highest BCUT2D eigenvalue weighted by Crippen LogP contribution is 2.31. The summed E-state index contributed by atoms with van der Waals surface area (Å²) in [6, 6.07) is 11.7. The molecule has 3 unspecified atom stereocenters. The highest BCUT2D eigenvalue weighted by Gasteiger charge is 2.36. The molecule has 3 atom stereocenters. The van der Waals surface area contributed by atoms with Gasteiger partial charge in [-0.15, -0.1) is 24.0 Å². The van der Waals surface area contributed by atoms with Crippen LogP contribution in [0.5, 0.6) is 0 Å². The van der Waals surface area contributed by atoms with Crippen LogP contribution < -0.4 is 5.32 Å². The molecule has 3 fully saturated rings. The van der Waals surface area contributed by atoms with Gasteiger partial charge in [0.2, 0.25) is 0 Å². The second-order valence-corrected chi connectivity index (χ2v) is 10.3. The van der Waals surface area contributed by atoms with E-state index < -0.39 is 0 Å². The predicted molar refractivity (Wildman–Crippen MR) is 149 cm³/mol. The molecule has 3 saturated heterocycles. The molecule has 6 nitrogen and oxygen atoms in total. The summed E-state index contributed by atoms with van der Waals surface area (Å²) >= 11 is 0. The monoisotopic (exact) mass is 568 g/mol. The van der Waals surface area contributed by atoms with Crippen molar-refractivity contribution < 1.29 is 0 Å². The fourth-order valence-electron chi connectivity index (χ4n) is 5.85. The molecule has 0 spiro atoms. The van der Waals surface area contributed by atoms with Crippen LogP contribution in [0.2, 0.25) is 0 Å². The topological polar surface area (TPSA) is 37.4 Å². The van der Waals surface area contributed by atoms with Gasteiger partial charge in [-0.1, -0.05) is 37.3 Å². The molecule has 3 aliphatic rings. The van der Waals surface area contributed by atoms with Crippen molar-refractivity contribution >= 4 is 29.9 Å². The van der Waals surface area contributed by atoms with Gasteiger partial charge in [0, 0.05) is 72.0 Å². The average molecular weight is 569 g/mol. The van der Waals surface area contributed by atoms with E-state index in [0.717, 1.165) is 44.1 Å². The normalized spacial score (nSPS) is 26.4. The lowest BCUT2D eigenvalue weighted by Gasteiger charge is -2.48. The number of hydrogen-bond donors (Lipinski definition) is 1. The van der Waals surface area contributed by atoms with Crippen molar-refractivity contribution in [2.24, 2.45) is 16.8 Å². The maximum atomic E-state index is 4.66. The second-order valence-electron chi connectivity index (χ2n) is 10.3. The van der Waals surface area contributed by atoms with Gasteiger partial charge in [-0.05, 0) is 50.3 Å². The number of likely N-dealkylation sites (N-methyl/N-ethyl adjacent to an activating group) is 1. The van der Waals surface area contributed by atoms with Gasteiger partial charge in [0.05, 0.1) is 0 Å². The molecule has 0 aromatic heterocycles. The van der Waals surface area contributed by atoms with Crippen molar-refractivity contribution in [1.82, 2.24) is 24.9 Å². The van der Waals surface area contributed by atoms with Crippen molar-refractivity contribution in [3.63, 3.8) is 0 Å². The largest absolute Gasteiger partial charge is 0.356 e. The Balaban J connectivity index is 0.00000306. The zero-order valence-corrected chi connectivity index (χ0v) is 23.3. The number of hydrogen-bond acceptors (Lipinski definition) is 4. The first-order valence-electron chi connectivity index (χ1n) is 12.8. The second kappa shape index (κ2) is 13.3. The SMILES string of the molecule is CN=C(NCC(C)CN1CCN(C)CC1)N1CCC2C(CCCN2Cc2ccccc2)C1.I. The Labute approximate surface area is 218 Å². The van der Waals surface area contributed by atoms with Gasteiger partial charge in [-0.3, -0.25) is 9.89 Å². The van der Waals surface area contributed by atoms with Crippen LogP contribution in [0.25, 0.3) is 0 Å². The van der Waals surface area contributed by atoms with Crippen LogP contribution in [-0.4, -0.2) is 105 Å². The van der Waals surface area contributed by atoms with Crippen LogP contribution in [0.1, 0.15) is 31.7 Å². The summed E-state index contributed by atoms with van der Waals surface area (Å²) < 4.78 is 0. The number of fused-ring (bicyclic) bond motifs is 1. The summed E-state index contributed by atoms with van der Waals surface area (Å²) in [6.07, 6.45) is 3.91. The molecule has 0 amide bonds. The van der Waals surface area contributed by atoms with Crippen LogP contribution in [-0.2, 0) is 6.54 Å². The quantitative estimate of drug-likeness (QED) is 0.325. The molecule has 3 aliphatic heterocycles. The van der Waals surface area contributed by atoms with Crippen LogP contribution >= 0.6 is 24.0 Å². The van der Waals surface area contributed by atoms with Crippen molar-refractivity contribution in [2.45, 2.75) is 38.8 Å². The fourth-order valence-corrected chi connectivity index (χ4v) is 5.85. The minimum absolute atomic E-state index is 0. The van der Waals surface area contributed by atoms with Gasteiger partial charge in [0.25, 0.3) is 0 Å². The molecule has 0 bridgehead atoms. The van der Waals surface area contributed by atoms with Gasteiger partial charge < -0.3 is 20.0 Å². The minimum Gasteiger partial charge on any atom is -0.356 e. The summed E-state index contributed by atoms with van der Waals surface area (Å²) in [5.41, 5.74) is 1.45. The highest BCUT2D eigenvalue weighted by atomic mass is 127. The van der Waals surface area contributed by atoms with E-state index in [0.29, 0.717) is 5.92 Å². The first-order valence-corrected chi connectivity index (χ1v) is 12.8. The molecule has 186 valence electrons. The Morgan fingerprint density at radius 2 is 1.82 bits per heavy atom. The van der Waals surface area contributed by atoms with E-state index in [1.165, 1.54) is 64.1 Å². The lowest BCUT2D eigenvalue weighted by atomic mass is 9.83.